The number of carbonyl (C=O) groups is 1. The van der Waals surface area contributed by atoms with Gasteiger partial charge in [-0.3, -0.25) is 9.20 Å². The molecular formula is C27H24N6OS. The molecule has 1 aliphatic heterocycles. The Balaban J connectivity index is 1.24. The number of nitrogens with zero attached hydrogens (tertiary/aromatic N) is 5. The van der Waals surface area contributed by atoms with Gasteiger partial charge < -0.3 is 10.2 Å². The average Bonchev–Trinajstić information content (AvgIpc) is 3.52. The van der Waals surface area contributed by atoms with Crippen LogP contribution < -0.4 is 10.2 Å². The molecule has 1 atom stereocenters. The molecule has 4 heterocycles. The Morgan fingerprint density at radius 1 is 0.943 bits per heavy atom. The van der Waals surface area contributed by atoms with Gasteiger partial charge in [-0.15, -0.1) is 21.5 Å². The fraction of sp³-hybridized carbons (Fsp3) is 0.185. The van der Waals surface area contributed by atoms with Gasteiger partial charge in [-0.1, -0.05) is 48.5 Å². The molecule has 174 valence electrons. The average molecular weight is 481 g/mol. The normalized spacial score (nSPS) is 15.9. The van der Waals surface area contributed by atoms with Gasteiger partial charge in [0.2, 0.25) is 5.91 Å². The van der Waals surface area contributed by atoms with E-state index < -0.39 is 0 Å². The van der Waals surface area contributed by atoms with Crippen LogP contribution >= 0.6 is 11.3 Å². The summed E-state index contributed by atoms with van der Waals surface area (Å²) in [7, 11) is 0. The maximum Gasteiger partial charge on any atom is 0.247 e. The summed E-state index contributed by atoms with van der Waals surface area (Å²) in [6, 6.07) is 21.4. The van der Waals surface area contributed by atoms with Gasteiger partial charge in [0.1, 0.15) is 6.04 Å². The minimum Gasteiger partial charge on any atom is -0.343 e. The van der Waals surface area contributed by atoms with E-state index in [2.05, 4.69) is 20.4 Å². The van der Waals surface area contributed by atoms with Crippen molar-refractivity contribution in [2.24, 2.45) is 0 Å². The minimum atomic E-state index is -0.306. The zero-order valence-electron chi connectivity index (χ0n) is 19.0. The van der Waals surface area contributed by atoms with Crippen molar-refractivity contribution < 1.29 is 4.79 Å². The lowest BCUT2D eigenvalue weighted by Gasteiger charge is -2.35. The molecule has 35 heavy (non-hydrogen) atoms. The summed E-state index contributed by atoms with van der Waals surface area (Å²) in [4.78, 5) is 21.2. The second-order valence-corrected chi connectivity index (χ2v) is 9.47. The molecule has 2 aromatic carbocycles. The number of amides is 1. The van der Waals surface area contributed by atoms with Crippen LogP contribution in [-0.4, -0.2) is 38.1 Å². The summed E-state index contributed by atoms with van der Waals surface area (Å²) < 4.78 is 2.00. The molecule has 8 heteroatoms. The predicted octanol–water partition coefficient (Wildman–Crippen LogP) is 5.52. The van der Waals surface area contributed by atoms with Crippen molar-refractivity contribution in [1.29, 1.82) is 0 Å². The van der Waals surface area contributed by atoms with Crippen molar-refractivity contribution in [1.82, 2.24) is 19.6 Å². The van der Waals surface area contributed by atoms with Gasteiger partial charge >= 0.3 is 0 Å². The number of imidazole rings is 1. The molecule has 0 spiro atoms. The summed E-state index contributed by atoms with van der Waals surface area (Å²) in [5.74, 6) is 0.694. The van der Waals surface area contributed by atoms with Crippen molar-refractivity contribution in [3.63, 3.8) is 0 Å². The molecule has 1 N–H and O–H groups in total. The number of nitrogens with one attached hydrogen (secondary N) is 1. The van der Waals surface area contributed by atoms with Gasteiger partial charge in [0.25, 0.3) is 0 Å². The van der Waals surface area contributed by atoms with E-state index in [-0.39, 0.29) is 11.9 Å². The van der Waals surface area contributed by atoms with Gasteiger partial charge in [-0.25, -0.2) is 4.98 Å². The van der Waals surface area contributed by atoms with Crippen LogP contribution in [0, 0.1) is 0 Å². The zero-order chi connectivity index (χ0) is 23.6. The molecule has 1 saturated heterocycles. The van der Waals surface area contributed by atoms with E-state index >= 15 is 0 Å². The van der Waals surface area contributed by atoms with Crippen LogP contribution in [0.5, 0.6) is 0 Å². The highest BCUT2D eigenvalue weighted by molar-refractivity contribution is 7.15. The van der Waals surface area contributed by atoms with Crippen LogP contribution in [0.3, 0.4) is 0 Å². The first-order valence-corrected chi connectivity index (χ1v) is 12.6. The number of aromatic nitrogens is 4. The summed E-state index contributed by atoms with van der Waals surface area (Å²) in [5, 5.41) is 14.1. The highest BCUT2D eigenvalue weighted by Gasteiger charge is 2.30. The van der Waals surface area contributed by atoms with E-state index in [0.29, 0.717) is 0 Å². The monoisotopic (exact) mass is 480 g/mol. The first-order chi connectivity index (χ1) is 17.3. The number of hydrogen-bond acceptors (Lipinski definition) is 6. The second-order valence-electron chi connectivity index (χ2n) is 8.60. The van der Waals surface area contributed by atoms with Crippen LogP contribution in [0.15, 0.2) is 84.5 Å². The number of fused-ring (bicyclic) bond motifs is 1. The number of piperidine rings is 1. The predicted molar refractivity (Wildman–Crippen MR) is 140 cm³/mol. The molecule has 0 saturated carbocycles. The van der Waals surface area contributed by atoms with Crippen LogP contribution in [0.25, 0.3) is 27.5 Å². The summed E-state index contributed by atoms with van der Waals surface area (Å²) >= 11 is 1.59. The third kappa shape index (κ3) is 4.28. The highest BCUT2D eigenvalue weighted by atomic mass is 32.1. The third-order valence-electron chi connectivity index (χ3n) is 6.37. The Labute approximate surface area is 207 Å². The van der Waals surface area contributed by atoms with Crippen molar-refractivity contribution in [3.05, 3.63) is 84.5 Å². The molecule has 1 aliphatic rings. The Morgan fingerprint density at radius 2 is 1.80 bits per heavy atom. The van der Waals surface area contributed by atoms with Crippen molar-refractivity contribution in [2.45, 2.75) is 25.3 Å². The second kappa shape index (κ2) is 9.31. The Morgan fingerprint density at radius 3 is 2.63 bits per heavy atom. The smallest absolute Gasteiger partial charge is 0.247 e. The molecule has 6 rings (SSSR count). The fourth-order valence-electron chi connectivity index (χ4n) is 4.61. The van der Waals surface area contributed by atoms with E-state index in [1.54, 1.807) is 11.3 Å². The molecule has 5 aromatic rings. The number of anilines is 2. The molecular weight excluding hydrogens is 456 g/mol. The maximum absolute atomic E-state index is 13.5. The molecule has 0 bridgehead atoms. The van der Waals surface area contributed by atoms with Gasteiger partial charge in [0.05, 0.1) is 17.1 Å². The van der Waals surface area contributed by atoms with Crippen LogP contribution in [0.1, 0.15) is 19.3 Å². The zero-order valence-corrected chi connectivity index (χ0v) is 19.9. The van der Waals surface area contributed by atoms with Gasteiger partial charge in [0.15, 0.2) is 10.8 Å². The molecule has 1 fully saturated rings. The first-order valence-electron chi connectivity index (χ1n) is 11.7. The SMILES string of the molecule is O=C(Nc1ccccc1-c1cn2ccsc2n1)C1CCCCN1c1ccc(-c2ccccc2)nn1. The van der Waals surface area contributed by atoms with Crippen molar-refractivity contribution in [2.75, 3.05) is 16.8 Å². The fourth-order valence-corrected chi connectivity index (χ4v) is 5.31. The summed E-state index contributed by atoms with van der Waals surface area (Å²) in [6.45, 7) is 0.774. The third-order valence-corrected chi connectivity index (χ3v) is 7.14. The van der Waals surface area contributed by atoms with Crippen LogP contribution in [-0.2, 0) is 4.79 Å². The molecule has 1 amide bonds. The molecule has 1 unspecified atom stereocenters. The maximum atomic E-state index is 13.5. The lowest BCUT2D eigenvalue weighted by atomic mass is 10.0. The lowest BCUT2D eigenvalue weighted by Crippen LogP contribution is -2.47. The van der Waals surface area contributed by atoms with Crippen LogP contribution in [0.2, 0.25) is 0 Å². The quantitative estimate of drug-likeness (QED) is 0.359. The molecule has 7 nitrogen and oxygen atoms in total. The Kier molecular flexibility index (Phi) is 5.71. The van der Waals surface area contributed by atoms with E-state index in [1.165, 1.54) is 0 Å². The van der Waals surface area contributed by atoms with E-state index in [4.69, 9.17) is 4.98 Å². The van der Waals surface area contributed by atoms with Crippen molar-refractivity contribution in [3.8, 4) is 22.5 Å². The number of hydrogen-bond donors (Lipinski definition) is 1. The highest BCUT2D eigenvalue weighted by Crippen LogP contribution is 2.30. The number of rotatable bonds is 5. The molecule has 0 radical (unpaired) electrons. The van der Waals surface area contributed by atoms with Gasteiger partial charge in [-0.05, 0) is 37.5 Å². The first kappa shape index (κ1) is 21.5. The van der Waals surface area contributed by atoms with E-state index in [0.717, 1.165) is 64.8 Å². The van der Waals surface area contributed by atoms with E-state index in [1.807, 2.05) is 88.9 Å². The Bertz CT molecular complexity index is 1430. The van der Waals surface area contributed by atoms with Crippen LogP contribution in [0.4, 0.5) is 11.5 Å². The van der Waals surface area contributed by atoms with Crippen molar-refractivity contribution >= 4 is 33.7 Å². The number of carbonyl (C=O) groups excluding carboxylic acids is 1. The number of para-hydroxylation sites is 1. The number of thiazole rings is 1. The largest absolute Gasteiger partial charge is 0.343 e. The lowest BCUT2D eigenvalue weighted by molar-refractivity contribution is -0.117. The van der Waals surface area contributed by atoms with E-state index in [9.17, 15) is 4.79 Å². The summed E-state index contributed by atoms with van der Waals surface area (Å²) in [5.41, 5.74) is 4.36. The minimum absolute atomic E-state index is 0.0351. The summed E-state index contributed by atoms with van der Waals surface area (Å²) in [6.07, 6.45) is 6.78. The standard InChI is InChI=1S/C27H24N6OS/c34-26(28-22-11-5-4-10-20(22)23-18-32-16-17-35-27(32)29-23)24-12-6-7-15-33(24)25-14-13-21(30-31-25)19-8-2-1-3-9-19/h1-5,8-11,13-14,16-18,24H,6-7,12,15H2,(H,28,34). The number of benzene rings is 2. The Hall–Kier alpha value is -4.04. The molecule has 0 aliphatic carbocycles. The van der Waals surface area contributed by atoms with Gasteiger partial charge in [-0.2, -0.15) is 0 Å². The molecule has 3 aromatic heterocycles. The topological polar surface area (TPSA) is 75.4 Å². The van der Waals surface area contributed by atoms with Gasteiger partial charge in [0, 0.05) is 35.4 Å².